The summed E-state index contributed by atoms with van der Waals surface area (Å²) in [6, 6.07) is 0. The van der Waals surface area contributed by atoms with Crippen LogP contribution in [0.5, 0.6) is 0 Å². The van der Waals surface area contributed by atoms with Crippen LogP contribution in [0.1, 0.15) is 27.4 Å². The highest BCUT2D eigenvalue weighted by molar-refractivity contribution is 5.98. The number of hydrogen-bond acceptors (Lipinski definition) is 3. The van der Waals surface area contributed by atoms with Gasteiger partial charge in [-0.2, -0.15) is 0 Å². The van der Waals surface area contributed by atoms with Crippen molar-refractivity contribution in [3.05, 3.63) is 22.6 Å². The lowest BCUT2D eigenvalue weighted by molar-refractivity contribution is -0.135. The second-order valence-corrected chi connectivity index (χ2v) is 3.29. The van der Waals surface area contributed by atoms with E-state index in [4.69, 9.17) is 9.52 Å². The van der Waals surface area contributed by atoms with E-state index in [1.807, 2.05) is 0 Å². The number of aliphatic carboxylic acids is 1. The Hall–Kier alpha value is -1.78. The van der Waals surface area contributed by atoms with E-state index < -0.39 is 11.9 Å². The lowest BCUT2D eigenvalue weighted by Crippen LogP contribution is -2.29. The number of furan rings is 1. The molecule has 0 atom stereocenters. The van der Waals surface area contributed by atoms with Crippen LogP contribution in [0.15, 0.2) is 4.42 Å². The zero-order chi connectivity index (χ0) is 11.6. The van der Waals surface area contributed by atoms with Crippen LogP contribution in [0.3, 0.4) is 0 Å². The standard InChI is InChI=1S/C10H13NO4/c1-5-6(2)15-7(3)9(5)10(14)11-4-8(12)13/h4H2,1-3H3,(H,11,14)(H,12,13). The SMILES string of the molecule is Cc1oc(C)c(C(=O)NCC(=O)O)c1C. The summed E-state index contributed by atoms with van der Waals surface area (Å²) in [6.07, 6.45) is 0. The maximum atomic E-state index is 11.6. The lowest BCUT2D eigenvalue weighted by Gasteiger charge is -2.01. The van der Waals surface area contributed by atoms with Crippen molar-refractivity contribution in [1.82, 2.24) is 5.32 Å². The molecule has 1 rings (SSSR count). The van der Waals surface area contributed by atoms with Crippen molar-refractivity contribution < 1.29 is 19.1 Å². The molecule has 0 bridgehead atoms. The molecule has 0 aliphatic rings. The van der Waals surface area contributed by atoms with Crippen molar-refractivity contribution in [2.75, 3.05) is 6.54 Å². The normalized spacial score (nSPS) is 10.1. The number of hydrogen-bond donors (Lipinski definition) is 2. The summed E-state index contributed by atoms with van der Waals surface area (Å²) in [6.45, 7) is 4.81. The Kier molecular flexibility index (Phi) is 3.14. The lowest BCUT2D eigenvalue weighted by atomic mass is 10.1. The predicted molar refractivity (Wildman–Crippen MR) is 52.9 cm³/mol. The summed E-state index contributed by atoms with van der Waals surface area (Å²) in [5, 5.41) is 10.7. The Balaban J connectivity index is 2.86. The first kappa shape index (κ1) is 11.3. The first-order valence-corrected chi connectivity index (χ1v) is 4.50. The Morgan fingerprint density at radius 2 is 1.87 bits per heavy atom. The highest BCUT2D eigenvalue weighted by Crippen LogP contribution is 2.20. The molecule has 0 unspecified atom stereocenters. The Morgan fingerprint density at radius 1 is 1.27 bits per heavy atom. The molecular weight excluding hydrogens is 198 g/mol. The van der Waals surface area contributed by atoms with Crippen LogP contribution in [-0.4, -0.2) is 23.5 Å². The fraction of sp³-hybridized carbons (Fsp3) is 0.400. The minimum atomic E-state index is -1.07. The third kappa shape index (κ3) is 2.37. The van der Waals surface area contributed by atoms with E-state index in [2.05, 4.69) is 5.32 Å². The monoisotopic (exact) mass is 211 g/mol. The Labute approximate surface area is 87.1 Å². The first-order chi connectivity index (χ1) is 6.93. The quantitative estimate of drug-likeness (QED) is 0.782. The topological polar surface area (TPSA) is 79.5 Å². The van der Waals surface area contributed by atoms with Gasteiger partial charge in [-0.15, -0.1) is 0 Å². The second kappa shape index (κ2) is 4.16. The number of nitrogens with one attached hydrogen (secondary N) is 1. The van der Waals surface area contributed by atoms with Crippen molar-refractivity contribution in [2.45, 2.75) is 20.8 Å². The highest BCUT2D eigenvalue weighted by Gasteiger charge is 2.18. The third-order valence-corrected chi connectivity index (χ3v) is 2.19. The molecule has 15 heavy (non-hydrogen) atoms. The Bertz CT molecular complexity index is 406. The van der Waals surface area contributed by atoms with Gasteiger partial charge < -0.3 is 14.8 Å². The fourth-order valence-corrected chi connectivity index (χ4v) is 1.37. The fourth-order valence-electron chi connectivity index (χ4n) is 1.37. The number of amides is 1. The van der Waals surface area contributed by atoms with Gasteiger partial charge in [0.15, 0.2) is 0 Å². The third-order valence-electron chi connectivity index (χ3n) is 2.19. The number of aryl methyl sites for hydroxylation is 2. The number of carbonyl (C=O) groups is 2. The van der Waals surface area contributed by atoms with Gasteiger partial charge in [-0.1, -0.05) is 0 Å². The van der Waals surface area contributed by atoms with Crippen LogP contribution in [0.2, 0.25) is 0 Å². The molecule has 0 saturated carbocycles. The largest absolute Gasteiger partial charge is 0.480 e. The molecule has 1 amide bonds. The van der Waals surface area contributed by atoms with Crippen LogP contribution in [0.25, 0.3) is 0 Å². The van der Waals surface area contributed by atoms with Crippen molar-refractivity contribution in [3.8, 4) is 0 Å². The van der Waals surface area contributed by atoms with Crippen LogP contribution in [0.4, 0.5) is 0 Å². The highest BCUT2D eigenvalue weighted by atomic mass is 16.4. The molecule has 0 aliphatic heterocycles. The molecule has 0 spiro atoms. The zero-order valence-electron chi connectivity index (χ0n) is 8.88. The molecule has 0 saturated heterocycles. The summed E-state index contributed by atoms with van der Waals surface area (Å²) in [5.74, 6) is -0.302. The van der Waals surface area contributed by atoms with Crippen molar-refractivity contribution in [3.63, 3.8) is 0 Å². The van der Waals surface area contributed by atoms with Gasteiger partial charge >= 0.3 is 5.97 Å². The smallest absolute Gasteiger partial charge is 0.322 e. The summed E-state index contributed by atoms with van der Waals surface area (Å²) < 4.78 is 5.26. The predicted octanol–water partition coefficient (Wildman–Crippen LogP) is 1.02. The van der Waals surface area contributed by atoms with Crippen molar-refractivity contribution in [2.24, 2.45) is 0 Å². The summed E-state index contributed by atoms with van der Waals surface area (Å²) in [5.41, 5.74) is 1.17. The average Bonchev–Trinajstić information content (AvgIpc) is 2.37. The van der Waals surface area contributed by atoms with E-state index >= 15 is 0 Å². The van der Waals surface area contributed by atoms with E-state index in [1.54, 1.807) is 20.8 Å². The number of carbonyl (C=O) groups excluding carboxylic acids is 1. The summed E-state index contributed by atoms with van der Waals surface area (Å²) in [4.78, 5) is 21.8. The Morgan fingerprint density at radius 3 is 2.27 bits per heavy atom. The summed E-state index contributed by atoms with van der Waals surface area (Å²) >= 11 is 0. The molecule has 1 aromatic heterocycles. The van der Waals surface area contributed by atoms with E-state index in [0.717, 1.165) is 5.56 Å². The van der Waals surface area contributed by atoms with Crippen molar-refractivity contribution in [1.29, 1.82) is 0 Å². The van der Waals surface area contributed by atoms with Gasteiger partial charge in [0.2, 0.25) is 0 Å². The molecule has 5 heteroatoms. The van der Waals surface area contributed by atoms with E-state index in [-0.39, 0.29) is 6.54 Å². The van der Waals surface area contributed by atoms with E-state index in [0.29, 0.717) is 17.1 Å². The average molecular weight is 211 g/mol. The van der Waals surface area contributed by atoms with Crippen LogP contribution < -0.4 is 5.32 Å². The zero-order valence-corrected chi connectivity index (χ0v) is 8.88. The molecule has 0 fully saturated rings. The number of carboxylic acid groups (broad SMARTS) is 1. The molecule has 5 nitrogen and oxygen atoms in total. The van der Waals surface area contributed by atoms with Crippen LogP contribution in [0, 0.1) is 20.8 Å². The van der Waals surface area contributed by atoms with Crippen molar-refractivity contribution >= 4 is 11.9 Å². The molecule has 0 radical (unpaired) electrons. The van der Waals surface area contributed by atoms with Crippen LogP contribution >= 0.6 is 0 Å². The van der Waals surface area contributed by atoms with Gasteiger partial charge in [-0.05, 0) is 20.8 Å². The first-order valence-electron chi connectivity index (χ1n) is 4.50. The van der Waals surface area contributed by atoms with E-state index in [1.165, 1.54) is 0 Å². The van der Waals surface area contributed by atoms with Gasteiger partial charge in [0.25, 0.3) is 5.91 Å². The minimum absolute atomic E-state index is 0.387. The molecule has 1 aromatic rings. The van der Waals surface area contributed by atoms with Gasteiger partial charge in [-0.25, -0.2) is 0 Å². The maximum Gasteiger partial charge on any atom is 0.322 e. The number of rotatable bonds is 3. The number of carboxylic acids is 1. The van der Waals surface area contributed by atoms with Gasteiger partial charge in [-0.3, -0.25) is 9.59 Å². The van der Waals surface area contributed by atoms with Crippen LogP contribution in [-0.2, 0) is 4.79 Å². The molecular formula is C10H13NO4. The van der Waals surface area contributed by atoms with Gasteiger partial charge in [0.1, 0.15) is 18.1 Å². The molecule has 2 N–H and O–H groups in total. The molecule has 0 aliphatic carbocycles. The minimum Gasteiger partial charge on any atom is -0.480 e. The van der Waals surface area contributed by atoms with Gasteiger partial charge in [0.05, 0.1) is 5.56 Å². The molecule has 0 aromatic carbocycles. The van der Waals surface area contributed by atoms with E-state index in [9.17, 15) is 9.59 Å². The van der Waals surface area contributed by atoms with Gasteiger partial charge in [0, 0.05) is 5.56 Å². The maximum absolute atomic E-state index is 11.6. The second-order valence-electron chi connectivity index (χ2n) is 3.29. The molecule has 1 heterocycles. The summed E-state index contributed by atoms with van der Waals surface area (Å²) in [7, 11) is 0. The molecule has 82 valence electrons.